The molecule has 0 spiro atoms. The largest absolute Gasteiger partial charge is 0.486 e. The third-order valence-electron chi connectivity index (χ3n) is 3.29. The highest BCUT2D eigenvalue weighted by atomic mass is 35.5. The van der Waals surface area contributed by atoms with Crippen LogP contribution >= 0.6 is 23.2 Å². The number of nitrogens with zero attached hydrogens (tertiary/aromatic N) is 2. The molecule has 1 heterocycles. The molecule has 0 saturated carbocycles. The predicted molar refractivity (Wildman–Crippen MR) is 87.6 cm³/mol. The molecule has 0 radical (unpaired) electrons. The molecule has 114 valence electrons. The van der Waals surface area contributed by atoms with Crippen molar-refractivity contribution in [2.75, 3.05) is 6.61 Å². The van der Waals surface area contributed by atoms with Crippen molar-refractivity contribution < 1.29 is 9.84 Å². The Morgan fingerprint density at radius 1 is 1.05 bits per heavy atom. The van der Waals surface area contributed by atoms with E-state index in [1.165, 1.54) is 0 Å². The maximum Gasteiger partial charge on any atom is 0.148 e. The van der Waals surface area contributed by atoms with Gasteiger partial charge in [-0.25, -0.2) is 4.98 Å². The Bertz CT molecular complexity index is 785. The molecular formula is C16H14Cl2N2O2. The van der Waals surface area contributed by atoms with Gasteiger partial charge in [0.2, 0.25) is 0 Å². The first kappa shape index (κ1) is 15.2. The van der Waals surface area contributed by atoms with Crippen LogP contribution < -0.4 is 4.74 Å². The molecule has 2 aromatic carbocycles. The molecule has 0 aliphatic carbocycles. The van der Waals surface area contributed by atoms with Crippen LogP contribution in [-0.4, -0.2) is 21.3 Å². The summed E-state index contributed by atoms with van der Waals surface area (Å²) in [5, 5.41) is 10.6. The molecule has 0 aliphatic rings. The van der Waals surface area contributed by atoms with Crippen LogP contribution in [0.5, 0.6) is 5.75 Å². The minimum atomic E-state index is 0.0198. The maximum atomic E-state index is 9.27. The van der Waals surface area contributed by atoms with E-state index >= 15 is 0 Å². The molecule has 0 unspecified atom stereocenters. The van der Waals surface area contributed by atoms with Crippen molar-refractivity contribution >= 4 is 34.2 Å². The van der Waals surface area contributed by atoms with Crippen molar-refractivity contribution in [3.63, 3.8) is 0 Å². The minimum absolute atomic E-state index is 0.0198. The van der Waals surface area contributed by atoms with Crippen LogP contribution in [0.2, 0.25) is 10.0 Å². The van der Waals surface area contributed by atoms with Gasteiger partial charge in [0.05, 0.1) is 17.6 Å². The summed E-state index contributed by atoms with van der Waals surface area (Å²) >= 11 is 11.9. The second kappa shape index (κ2) is 6.57. The van der Waals surface area contributed by atoms with E-state index in [2.05, 4.69) is 4.98 Å². The molecule has 22 heavy (non-hydrogen) atoms. The lowest BCUT2D eigenvalue weighted by atomic mass is 10.3. The van der Waals surface area contributed by atoms with E-state index in [0.29, 0.717) is 28.9 Å². The zero-order valence-corrected chi connectivity index (χ0v) is 13.2. The van der Waals surface area contributed by atoms with Crippen LogP contribution in [0.4, 0.5) is 0 Å². The Kier molecular flexibility index (Phi) is 4.52. The highest BCUT2D eigenvalue weighted by Crippen LogP contribution is 2.22. The van der Waals surface area contributed by atoms with Gasteiger partial charge in [-0.05, 0) is 42.5 Å². The number of hydrogen-bond acceptors (Lipinski definition) is 3. The standard InChI is InChI=1S/C16H14Cl2N2O2/c17-11-1-4-13(5-2-11)22-10-16-19-14-6-3-12(18)9-15(14)20(16)7-8-21/h1-6,9,21H,7-8,10H2. The third-order valence-corrected chi connectivity index (χ3v) is 3.78. The lowest BCUT2D eigenvalue weighted by Gasteiger charge is -2.09. The Labute approximate surface area is 137 Å². The first-order chi connectivity index (χ1) is 10.7. The number of ether oxygens (including phenoxy) is 1. The second-order valence-corrected chi connectivity index (χ2v) is 5.65. The first-order valence-electron chi connectivity index (χ1n) is 6.81. The van der Waals surface area contributed by atoms with E-state index in [4.69, 9.17) is 27.9 Å². The summed E-state index contributed by atoms with van der Waals surface area (Å²) in [5.74, 6) is 1.45. The number of hydrogen-bond donors (Lipinski definition) is 1. The summed E-state index contributed by atoms with van der Waals surface area (Å²) in [6, 6.07) is 12.6. The number of fused-ring (bicyclic) bond motifs is 1. The van der Waals surface area contributed by atoms with Gasteiger partial charge in [-0.1, -0.05) is 23.2 Å². The van der Waals surface area contributed by atoms with Crippen LogP contribution in [0.3, 0.4) is 0 Å². The van der Waals surface area contributed by atoms with E-state index in [0.717, 1.165) is 16.9 Å². The average Bonchev–Trinajstić information content (AvgIpc) is 2.85. The van der Waals surface area contributed by atoms with E-state index < -0.39 is 0 Å². The molecule has 0 bridgehead atoms. The molecule has 0 amide bonds. The average molecular weight is 337 g/mol. The van der Waals surface area contributed by atoms with Crippen molar-refractivity contribution in [1.82, 2.24) is 9.55 Å². The quantitative estimate of drug-likeness (QED) is 0.768. The fourth-order valence-electron chi connectivity index (χ4n) is 2.28. The zero-order chi connectivity index (χ0) is 15.5. The first-order valence-corrected chi connectivity index (χ1v) is 7.57. The molecule has 0 aliphatic heterocycles. The minimum Gasteiger partial charge on any atom is -0.486 e. The predicted octanol–water partition coefficient (Wildman–Crippen LogP) is 3.91. The van der Waals surface area contributed by atoms with Crippen molar-refractivity contribution in [2.24, 2.45) is 0 Å². The highest BCUT2D eigenvalue weighted by molar-refractivity contribution is 6.31. The number of halogens is 2. The second-order valence-electron chi connectivity index (χ2n) is 4.78. The SMILES string of the molecule is OCCn1c(COc2ccc(Cl)cc2)nc2ccc(Cl)cc21. The van der Waals surface area contributed by atoms with Gasteiger partial charge >= 0.3 is 0 Å². The Morgan fingerprint density at radius 2 is 1.77 bits per heavy atom. The molecule has 6 heteroatoms. The van der Waals surface area contributed by atoms with Gasteiger partial charge in [0.25, 0.3) is 0 Å². The van der Waals surface area contributed by atoms with Crippen LogP contribution in [-0.2, 0) is 13.2 Å². The van der Waals surface area contributed by atoms with Gasteiger partial charge in [0, 0.05) is 16.6 Å². The van der Waals surface area contributed by atoms with Gasteiger partial charge < -0.3 is 14.4 Å². The Morgan fingerprint density at radius 3 is 2.50 bits per heavy atom. The Balaban J connectivity index is 1.88. The van der Waals surface area contributed by atoms with E-state index in [-0.39, 0.29) is 6.61 Å². The summed E-state index contributed by atoms with van der Waals surface area (Å²) in [6.07, 6.45) is 0. The topological polar surface area (TPSA) is 47.3 Å². The summed E-state index contributed by atoms with van der Waals surface area (Å²) in [7, 11) is 0. The lowest BCUT2D eigenvalue weighted by Crippen LogP contribution is -2.09. The Hall–Kier alpha value is -1.75. The van der Waals surface area contributed by atoms with Crippen molar-refractivity contribution in [3.8, 4) is 5.75 Å². The van der Waals surface area contributed by atoms with Crippen molar-refractivity contribution in [1.29, 1.82) is 0 Å². The highest BCUT2D eigenvalue weighted by Gasteiger charge is 2.11. The van der Waals surface area contributed by atoms with Gasteiger partial charge in [-0.3, -0.25) is 0 Å². The van der Waals surface area contributed by atoms with E-state index in [1.807, 2.05) is 16.7 Å². The number of rotatable bonds is 5. The number of benzene rings is 2. The summed E-state index contributed by atoms with van der Waals surface area (Å²) in [5.41, 5.74) is 1.71. The number of imidazole rings is 1. The number of aliphatic hydroxyl groups is 1. The fourth-order valence-corrected chi connectivity index (χ4v) is 2.58. The van der Waals surface area contributed by atoms with Gasteiger partial charge in [-0.2, -0.15) is 0 Å². The molecular weight excluding hydrogens is 323 g/mol. The molecule has 3 aromatic rings. The lowest BCUT2D eigenvalue weighted by molar-refractivity contribution is 0.260. The molecule has 4 nitrogen and oxygen atoms in total. The van der Waals surface area contributed by atoms with Crippen LogP contribution in [0.1, 0.15) is 5.82 Å². The fraction of sp³-hybridized carbons (Fsp3) is 0.188. The van der Waals surface area contributed by atoms with Gasteiger partial charge in [-0.15, -0.1) is 0 Å². The molecule has 0 saturated heterocycles. The monoisotopic (exact) mass is 336 g/mol. The molecule has 0 atom stereocenters. The summed E-state index contributed by atoms with van der Waals surface area (Å²) in [4.78, 5) is 4.55. The van der Waals surface area contributed by atoms with Crippen LogP contribution in [0, 0.1) is 0 Å². The van der Waals surface area contributed by atoms with Crippen molar-refractivity contribution in [2.45, 2.75) is 13.2 Å². The van der Waals surface area contributed by atoms with Crippen LogP contribution in [0.25, 0.3) is 11.0 Å². The van der Waals surface area contributed by atoms with Gasteiger partial charge in [0.1, 0.15) is 18.2 Å². The summed E-state index contributed by atoms with van der Waals surface area (Å²) < 4.78 is 7.65. The smallest absolute Gasteiger partial charge is 0.148 e. The van der Waals surface area contributed by atoms with Crippen LogP contribution in [0.15, 0.2) is 42.5 Å². The molecule has 3 rings (SSSR count). The zero-order valence-electron chi connectivity index (χ0n) is 11.7. The number of aromatic nitrogens is 2. The molecule has 1 aromatic heterocycles. The maximum absolute atomic E-state index is 9.27. The normalized spacial score (nSPS) is 11.0. The molecule has 0 fully saturated rings. The summed E-state index contributed by atoms with van der Waals surface area (Å²) in [6.45, 7) is 0.760. The van der Waals surface area contributed by atoms with Crippen molar-refractivity contribution in [3.05, 3.63) is 58.3 Å². The third kappa shape index (κ3) is 3.19. The molecule has 1 N–H and O–H groups in total. The number of aliphatic hydroxyl groups excluding tert-OH is 1. The van der Waals surface area contributed by atoms with E-state index in [1.54, 1.807) is 30.3 Å². The van der Waals surface area contributed by atoms with Gasteiger partial charge in [0.15, 0.2) is 0 Å². The van der Waals surface area contributed by atoms with E-state index in [9.17, 15) is 5.11 Å².